The van der Waals surface area contributed by atoms with Gasteiger partial charge in [0.25, 0.3) is 11.8 Å². The van der Waals surface area contributed by atoms with Crippen LogP contribution in [-0.4, -0.2) is 156 Å². The number of benzene rings is 2. The maximum absolute atomic E-state index is 15.4. The number of rotatable bonds is 9. The van der Waals surface area contributed by atoms with E-state index in [1.165, 1.54) is 47.6 Å². The summed E-state index contributed by atoms with van der Waals surface area (Å²) in [6, 6.07) is -1.83. The van der Waals surface area contributed by atoms with E-state index in [2.05, 4.69) is 45.6 Å². The number of carbonyl (C=O) groups is 9. The quantitative estimate of drug-likeness (QED) is 0.0826. The molecule has 0 spiro atoms. The van der Waals surface area contributed by atoms with Crippen LogP contribution in [0.15, 0.2) is 54.2 Å². The van der Waals surface area contributed by atoms with Crippen LogP contribution in [0.3, 0.4) is 0 Å². The molecule has 0 saturated carbocycles. The molecule has 28 nitrogen and oxygen atoms in total. The van der Waals surface area contributed by atoms with Gasteiger partial charge in [-0.1, -0.05) is 64.1 Å². The third-order valence-corrected chi connectivity index (χ3v) is 13.4. The fraction of sp³-hybridized carbons (Fsp3) is 0.511. The predicted octanol–water partition coefficient (Wildman–Crippen LogP) is -0.897. The van der Waals surface area contributed by atoms with E-state index >= 15 is 9.59 Å². The Bertz CT molecular complexity index is 2870. The van der Waals surface area contributed by atoms with Crippen molar-refractivity contribution in [3.63, 3.8) is 0 Å². The number of fused-ring (bicyclic) bond motifs is 10. The number of nitrogens with one attached hydrogen (secondary N) is 7. The van der Waals surface area contributed by atoms with Crippen molar-refractivity contribution in [3.8, 4) is 11.5 Å². The van der Waals surface area contributed by atoms with Crippen molar-refractivity contribution < 1.29 is 87.3 Å². The zero-order valence-electron chi connectivity index (χ0n) is 42.9. The molecular weight excluding hydrogens is 1060 g/mol. The van der Waals surface area contributed by atoms with Crippen LogP contribution >= 0.6 is 0 Å². The van der Waals surface area contributed by atoms with Gasteiger partial charge in [-0.25, -0.2) is 9.59 Å². The maximum Gasteiger partial charge on any atom is 0.446 e. The molecule has 422 valence electrons. The second-order valence-corrected chi connectivity index (χ2v) is 21.0. The number of aliphatic hydroxyl groups is 1. The van der Waals surface area contributed by atoms with Crippen LogP contribution in [0, 0.1) is 11.8 Å². The van der Waals surface area contributed by atoms with E-state index in [0.717, 1.165) is 16.8 Å². The van der Waals surface area contributed by atoms with Gasteiger partial charge in [-0.3, -0.25) is 42.7 Å². The molecular formula is C47H63N9O19S2. The minimum atomic E-state index is -5.57. The van der Waals surface area contributed by atoms with Crippen LogP contribution in [0.5, 0.6) is 11.5 Å². The van der Waals surface area contributed by atoms with Crippen molar-refractivity contribution in [2.45, 2.75) is 129 Å². The number of likely N-dealkylation sites (N-methyl/N-ethyl adjacent to an activating group) is 1. The summed E-state index contributed by atoms with van der Waals surface area (Å²) in [5.74, 6) is -12.1. The first-order valence-electron chi connectivity index (χ1n) is 24.2. The number of amides is 9. The number of carbonyl (C=O) groups excluding carboxylic acids is 9. The molecule has 3 aliphatic heterocycles. The number of hydrogen-bond acceptors (Lipinski definition) is 17. The summed E-state index contributed by atoms with van der Waals surface area (Å²) in [4.78, 5) is 131. The van der Waals surface area contributed by atoms with Gasteiger partial charge in [-0.2, -0.15) is 16.8 Å². The zero-order chi connectivity index (χ0) is 57.3. The Morgan fingerprint density at radius 2 is 1.48 bits per heavy atom. The average molecular weight is 1120 g/mol. The van der Waals surface area contributed by atoms with E-state index in [1.54, 1.807) is 30.3 Å². The Labute approximate surface area is 443 Å². The molecule has 4 bridgehead atoms. The highest BCUT2D eigenvalue weighted by Crippen LogP contribution is 2.37. The monoisotopic (exact) mass is 1120 g/mol. The normalized spacial score (nSPS) is 25.6. The lowest BCUT2D eigenvalue weighted by atomic mass is 9.95. The summed E-state index contributed by atoms with van der Waals surface area (Å²) in [5.41, 5.74) is -0.948. The van der Waals surface area contributed by atoms with E-state index in [0.29, 0.717) is 17.7 Å². The molecule has 0 unspecified atom stereocenters. The number of hydrogen-bond donors (Lipinski definition) is 10. The summed E-state index contributed by atoms with van der Waals surface area (Å²) in [7, 11) is -10.0. The van der Waals surface area contributed by atoms with Crippen LogP contribution in [0.1, 0.15) is 78.4 Å². The smallest absolute Gasteiger partial charge is 0.446 e. The van der Waals surface area contributed by atoms with E-state index in [1.807, 2.05) is 0 Å². The molecule has 2 saturated heterocycles. The van der Waals surface area contributed by atoms with E-state index < -0.39 is 169 Å². The van der Waals surface area contributed by atoms with Gasteiger partial charge in [-0.05, 0) is 62.6 Å². The van der Waals surface area contributed by atoms with E-state index in [4.69, 9.17) is 4.74 Å². The largest absolute Gasteiger partial charge is 0.458 e. The van der Waals surface area contributed by atoms with Crippen LogP contribution in [0.4, 0.5) is 10.5 Å². The maximum atomic E-state index is 15.4. The number of piperidine rings is 1. The number of allylic oxidation sites excluding steroid dienone is 1. The topological polar surface area (TPSA) is 401 Å². The van der Waals surface area contributed by atoms with E-state index in [-0.39, 0.29) is 38.6 Å². The minimum absolute atomic E-state index is 0.0970. The van der Waals surface area contributed by atoms with Gasteiger partial charge in [0.2, 0.25) is 29.5 Å². The highest BCUT2D eigenvalue weighted by Gasteiger charge is 2.46. The van der Waals surface area contributed by atoms with Gasteiger partial charge >= 0.3 is 32.8 Å². The van der Waals surface area contributed by atoms with Crippen LogP contribution in [-0.2, 0) is 76.7 Å². The van der Waals surface area contributed by atoms with Crippen molar-refractivity contribution in [1.82, 2.24) is 41.7 Å². The summed E-state index contributed by atoms with van der Waals surface area (Å²) < 4.78 is 82.8. The fourth-order valence-corrected chi connectivity index (χ4v) is 9.21. The number of nitrogens with zero attached hydrogens (tertiary/aromatic N) is 2. The molecule has 2 aromatic carbocycles. The molecule has 0 radical (unpaired) electrons. The van der Waals surface area contributed by atoms with E-state index in [9.17, 15) is 64.6 Å². The van der Waals surface area contributed by atoms with Gasteiger partial charge in [0.05, 0.1) is 0 Å². The van der Waals surface area contributed by atoms with Gasteiger partial charge in [0.1, 0.15) is 54.3 Å². The standard InChI is InChI=1S/C47H63N9O19S2/c1-8-28-40(59)51-30-16-17-36(57)56(44(30)63)33(19-26-13-10-9-11-14-26)45(64)55(7)32-20-27-21-34(74-76(67,68)69)35(75-77(70,71)72)22-31(27)52-47(66)48-18-12-15-29(50-39(58)24(4)5)41(60)54-38(43(62)49-28)25(6)73-46(65)37(23(2)3)53-42(32)61/h8-11,13-14,21-25,29-30,32-33,36-38,57H,12,15-20H2,1-7H3,(H,49,62)(H,50,58)(H,51,59)(H,53,61)(H,54,60)(H2,48,52,66)(H,67,68,69)(H,70,71,72)/b28-8-/t25-,29+,30+,32+,33+,36-,37+,38+/m1/s1. The van der Waals surface area contributed by atoms with Crippen molar-refractivity contribution in [3.05, 3.63) is 65.4 Å². The predicted molar refractivity (Wildman–Crippen MR) is 268 cm³/mol. The van der Waals surface area contributed by atoms with Crippen LogP contribution in [0.2, 0.25) is 0 Å². The lowest BCUT2D eigenvalue weighted by Gasteiger charge is -2.43. The molecule has 2 aromatic rings. The molecule has 0 aliphatic carbocycles. The first-order chi connectivity index (χ1) is 36.0. The molecule has 9 amide bonds. The Hall–Kier alpha value is -7.41. The molecule has 8 atom stereocenters. The molecule has 3 aliphatic rings. The van der Waals surface area contributed by atoms with Crippen LogP contribution < -0.4 is 45.6 Å². The van der Waals surface area contributed by atoms with Crippen molar-refractivity contribution >= 4 is 79.8 Å². The lowest BCUT2D eigenvalue weighted by molar-refractivity contribution is -0.165. The first kappa shape index (κ1) is 60.5. The highest BCUT2D eigenvalue weighted by molar-refractivity contribution is 7.81. The van der Waals surface area contributed by atoms with Gasteiger partial charge in [0, 0.05) is 44.1 Å². The summed E-state index contributed by atoms with van der Waals surface area (Å²) >= 11 is 0. The fourth-order valence-electron chi connectivity index (χ4n) is 8.50. The molecule has 5 rings (SSSR count). The van der Waals surface area contributed by atoms with Gasteiger partial charge in [-0.15, -0.1) is 0 Å². The van der Waals surface area contributed by atoms with Crippen molar-refractivity contribution in [1.29, 1.82) is 0 Å². The third-order valence-electron chi connectivity index (χ3n) is 12.6. The molecule has 0 aromatic heterocycles. The van der Waals surface area contributed by atoms with Gasteiger partial charge in [0.15, 0.2) is 11.5 Å². The summed E-state index contributed by atoms with van der Waals surface area (Å²) in [5, 5.41) is 29.0. The molecule has 10 N–H and O–H groups in total. The highest BCUT2D eigenvalue weighted by atomic mass is 32.3. The second-order valence-electron chi connectivity index (χ2n) is 19.0. The first-order valence-corrected chi connectivity index (χ1v) is 27.0. The Morgan fingerprint density at radius 3 is 2.08 bits per heavy atom. The zero-order valence-corrected chi connectivity index (χ0v) is 44.6. The molecule has 30 heteroatoms. The molecule has 3 heterocycles. The van der Waals surface area contributed by atoms with Crippen LogP contribution in [0.25, 0.3) is 0 Å². The van der Waals surface area contributed by atoms with Gasteiger partial charge < -0.3 is 65.2 Å². The minimum Gasteiger partial charge on any atom is -0.458 e. The SMILES string of the molecule is C/C=C1\NC(=O)[C@H]2NC(=O)[C@@H](NC(=O)C(C)C)CCCNC(=O)Nc3cc(OS(=O)(=O)O)c(OS(=O)(=O)O)cc3C[C@@H](C(=O)N[C@@H](C(C)C)C(=O)O[C@@H]2C)N(C)C(=O)[C@H](Cc2ccccc2)N2C(=O)[C@H](CC[C@H]2O)NC1=O. The number of anilines is 1. The average Bonchev–Trinajstić information content (AvgIpc) is 3.34. The number of urea groups is 1. The van der Waals surface area contributed by atoms with Crippen molar-refractivity contribution in [2.24, 2.45) is 11.8 Å². The Kier molecular flexibility index (Phi) is 20.1. The Morgan fingerprint density at radius 1 is 0.844 bits per heavy atom. The number of ether oxygens (including phenoxy) is 1. The molecule has 77 heavy (non-hydrogen) atoms. The number of aliphatic hydroxyl groups excluding tert-OH is 1. The molecule has 2 fully saturated rings. The van der Waals surface area contributed by atoms with Crippen molar-refractivity contribution in [2.75, 3.05) is 18.9 Å². The lowest BCUT2D eigenvalue weighted by Crippen LogP contribution is -2.64. The Balaban J connectivity index is 1.83. The second kappa shape index (κ2) is 25.6. The number of esters is 1. The third kappa shape index (κ3) is 16.3. The summed E-state index contributed by atoms with van der Waals surface area (Å²) in [6.45, 7) is 8.30. The summed E-state index contributed by atoms with van der Waals surface area (Å²) in [6.07, 6.45) is -4.13.